The number of nitrogens with two attached hydrogens (primary N) is 2. The molecule has 1 fully saturated rings. The summed E-state index contributed by atoms with van der Waals surface area (Å²) in [5.74, 6) is -0.199. The molecule has 1 aliphatic heterocycles. The molecule has 4 N–H and O–H groups in total. The van der Waals surface area contributed by atoms with Gasteiger partial charge in [-0.15, -0.1) is 0 Å². The molecule has 0 aliphatic carbocycles. The minimum atomic E-state index is -0.678. The van der Waals surface area contributed by atoms with Crippen molar-refractivity contribution in [1.29, 1.82) is 5.26 Å². The summed E-state index contributed by atoms with van der Waals surface area (Å²) in [4.78, 5) is 25.1. The minimum Gasteiger partial charge on any atom is -0.493 e. The number of benzene rings is 2. The second kappa shape index (κ2) is 9.99. The second-order valence-corrected chi connectivity index (χ2v) is 8.14. The number of aromatic nitrogens is 2. The first-order valence-corrected chi connectivity index (χ1v) is 11.0. The number of carbonyl (C=O) groups excluding carboxylic acids is 1. The van der Waals surface area contributed by atoms with Crippen LogP contribution >= 0.6 is 0 Å². The van der Waals surface area contributed by atoms with Crippen molar-refractivity contribution >= 4 is 28.6 Å². The molecule has 1 unspecified atom stereocenters. The van der Waals surface area contributed by atoms with Gasteiger partial charge in [0.1, 0.15) is 11.3 Å². The molecule has 0 spiro atoms. The molecule has 1 saturated heterocycles. The van der Waals surface area contributed by atoms with Crippen LogP contribution in [0.5, 0.6) is 11.5 Å². The lowest BCUT2D eigenvalue weighted by molar-refractivity contribution is -0.131. The number of nitriles is 1. The van der Waals surface area contributed by atoms with E-state index in [4.69, 9.17) is 26.2 Å². The highest BCUT2D eigenvalue weighted by molar-refractivity contribution is 5.92. The Hall–Kier alpha value is -4.17. The zero-order valence-electron chi connectivity index (χ0n) is 19.5. The summed E-state index contributed by atoms with van der Waals surface area (Å²) in [6.45, 7) is 1.79. The minimum absolute atomic E-state index is 0.0389. The molecular formula is C24H26FN7O3. The Morgan fingerprint density at radius 2 is 1.86 bits per heavy atom. The third kappa shape index (κ3) is 4.74. The van der Waals surface area contributed by atoms with Crippen molar-refractivity contribution in [3.8, 4) is 17.6 Å². The molecule has 11 heteroatoms. The Morgan fingerprint density at radius 1 is 1.17 bits per heavy atom. The standard InChI is InChI=1S/C24H26FN7O3/c1-34-18-11-16-21(20(25)22(18)35-2)29-24(30-23(16)28)32-9-7-31(8-10-32)19(33)12-17(27)15-5-3-14(13-26)4-6-15/h3-6,11,17H,7-10,12,27H2,1-2H3,(H2,28,29,30). The number of rotatable bonds is 6. The molecule has 182 valence electrons. The fraction of sp³-hybridized carbons (Fsp3) is 0.333. The van der Waals surface area contributed by atoms with Gasteiger partial charge in [0, 0.05) is 44.0 Å². The van der Waals surface area contributed by atoms with Crippen molar-refractivity contribution in [2.24, 2.45) is 5.73 Å². The monoisotopic (exact) mass is 479 g/mol. The first-order chi connectivity index (χ1) is 16.9. The highest BCUT2D eigenvalue weighted by Gasteiger charge is 2.26. The van der Waals surface area contributed by atoms with E-state index in [1.807, 2.05) is 4.90 Å². The van der Waals surface area contributed by atoms with E-state index >= 15 is 4.39 Å². The van der Waals surface area contributed by atoms with E-state index in [2.05, 4.69) is 16.0 Å². The lowest BCUT2D eigenvalue weighted by atomic mass is 10.0. The molecule has 4 rings (SSSR count). The number of methoxy groups -OCH3 is 2. The van der Waals surface area contributed by atoms with Crippen LogP contribution in [-0.2, 0) is 4.79 Å². The van der Waals surface area contributed by atoms with E-state index in [-0.39, 0.29) is 41.1 Å². The van der Waals surface area contributed by atoms with Gasteiger partial charge >= 0.3 is 0 Å². The maximum absolute atomic E-state index is 15.1. The van der Waals surface area contributed by atoms with Crippen LogP contribution in [-0.4, -0.2) is 61.2 Å². The van der Waals surface area contributed by atoms with Crippen LogP contribution in [0.2, 0.25) is 0 Å². The van der Waals surface area contributed by atoms with Gasteiger partial charge in [0.05, 0.1) is 25.9 Å². The number of piperazine rings is 1. The fourth-order valence-corrected chi connectivity index (χ4v) is 4.08. The summed E-state index contributed by atoms with van der Waals surface area (Å²) in [6.07, 6.45) is 0.151. The van der Waals surface area contributed by atoms with Crippen molar-refractivity contribution in [3.05, 3.63) is 47.3 Å². The van der Waals surface area contributed by atoms with Crippen LogP contribution in [0.1, 0.15) is 23.6 Å². The molecule has 1 aromatic heterocycles. The molecule has 35 heavy (non-hydrogen) atoms. The lowest BCUT2D eigenvalue weighted by Crippen LogP contribution is -2.49. The summed E-state index contributed by atoms with van der Waals surface area (Å²) in [5.41, 5.74) is 13.7. The number of hydrogen-bond donors (Lipinski definition) is 2. The number of ether oxygens (including phenoxy) is 2. The van der Waals surface area contributed by atoms with Gasteiger partial charge in [0.2, 0.25) is 11.9 Å². The van der Waals surface area contributed by atoms with Crippen molar-refractivity contribution in [1.82, 2.24) is 14.9 Å². The summed E-state index contributed by atoms with van der Waals surface area (Å²) in [5, 5.41) is 9.25. The molecule has 2 heterocycles. The summed E-state index contributed by atoms with van der Waals surface area (Å²) < 4.78 is 25.4. The Labute approximate surface area is 201 Å². The van der Waals surface area contributed by atoms with Crippen molar-refractivity contribution in [2.75, 3.05) is 51.0 Å². The van der Waals surface area contributed by atoms with E-state index in [0.717, 1.165) is 5.56 Å². The number of hydrogen-bond acceptors (Lipinski definition) is 9. The Morgan fingerprint density at radius 3 is 2.46 bits per heavy atom. The molecule has 1 aliphatic rings. The van der Waals surface area contributed by atoms with Crippen molar-refractivity contribution in [2.45, 2.75) is 12.5 Å². The SMILES string of the molecule is COc1cc2c(N)nc(N3CCN(C(=O)CC(N)c4ccc(C#N)cc4)CC3)nc2c(F)c1OC. The van der Waals surface area contributed by atoms with Gasteiger partial charge in [0.25, 0.3) is 0 Å². The molecule has 3 aromatic rings. The highest BCUT2D eigenvalue weighted by Crippen LogP contribution is 2.37. The summed E-state index contributed by atoms with van der Waals surface area (Å²) in [6, 6.07) is 10.0. The predicted octanol–water partition coefficient (Wildman–Crippen LogP) is 1.98. The quantitative estimate of drug-likeness (QED) is 0.542. The van der Waals surface area contributed by atoms with Gasteiger partial charge in [-0.2, -0.15) is 10.2 Å². The van der Waals surface area contributed by atoms with Crippen molar-refractivity contribution in [3.63, 3.8) is 0 Å². The normalized spacial score (nSPS) is 14.5. The molecule has 0 bridgehead atoms. The Bertz CT molecular complexity index is 1290. The molecule has 0 saturated carbocycles. The number of anilines is 2. The summed E-state index contributed by atoms with van der Waals surface area (Å²) >= 11 is 0. The average Bonchev–Trinajstić information content (AvgIpc) is 2.88. The van der Waals surface area contributed by atoms with Crippen LogP contribution in [0, 0.1) is 17.1 Å². The van der Waals surface area contributed by atoms with Crippen LogP contribution in [0.25, 0.3) is 10.9 Å². The van der Waals surface area contributed by atoms with Gasteiger partial charge in [-0.1, -0.05) is 12.1 Å². The molecule has 0 radical (unpaired) electrons. The second-order valence-electron chi connectivity index (χ2n) is 8.14. The van der Waals surface area contributed by atoms with Gasteiger partial charge in [-0.3, -0.25) is 4.79 Å². The highest BCUT2D eigenvalue weighted by atomic mass is 19.1. The third-order valence-electron chi connectivity index (χ3n) is 6.07. The number of amides is 1. The molecule has 1 atom stereocenters. The third-order valence-corrected chi connectivity index (χ3v) is 6.07. The van der Waals surface area contributed by atoms with E-state index in [0.29, 0.717) is 37.1 Å². The maximum atomic E-state index is 15.1. The van der Waals surface area contributed by atoms with Gasteiger partial charge in [-0.25, -0.2) is 9.37 Å². The Balaban J connectivity index is 1.45. The number of nitrogen functional groups attached to an aromatic ring is 1. The van der Waals surface area contributed by atoms with Crippen LogP contribution < -0.4 is 25.8 Å². The fourth-order valence-electron chi connectivity index (χ4n) is 4.08. The predicted molar refractivity (Wildman–Crippen MR) is 129 cm³/mol. The van der Waals surface area contributed by atoms with E-state index in [1.165, 1.54) is 14.2 Å². The Kier molecular flexibility index (Phi) is 6.84. The smallest absolute Gasteiger partial charge is 0.228 e. The van der Waals surface area contributed by atoms with Gasteiger partial charge in [-0.05, 0) is 23.8 Å². The van der Waals surface area contributed by atoms with Crippen LogP contribution in [0.15, 0.2) is 30.3 Å². The first-order valence-electron chi connectivity index (χ1n) is 11.0. The summed E-state index contributed by atoms with van der Waals surface area (Å²) in [7, 11) is 2.76. The van der Waals surface area contributed by atoms with E-state index in [9.17, 15) is 4.79 Å². The van der Waals surface area contributed by atoms with Crippen molar-refractivity contribution < 1.29 is 18.7 Å². The van der Waals surface area contributed by atoms with Crippen LogP contribution in [0.4, 0.5) is 16.2 Å². The average molecular weight is 480 g/mol. The lowest BCUT2D eigenvalue weighted by Gasteiger charge is -2.35. The molecular weight excluding hydrogens is 453 g/mol. The zero-order chi connectivity index (χ0) is 25.1. The maximum Gasteiger partial charge on any atom is 0.228 e. The zero-order valence-corrected chi connectivity index (χ0v) is 19.5. The number of nitrogens with zero attached hydrogens (tertiary/aromatic N) is 5. The largest absolute Gasteiger partial charge is 0.493 e. The van der Waals surface area contributed by atoms with E-state index < -0.39 is 11.9 Å². The number of halogens is 1. The molecule has 10 nitrogen and oxygen atoms in total. The van der Waals surface area contributed by atoms with Crippen LogP contribution in [0.3, 0.4) is 0 Å². The van der Waals surface area contributed by atoms with Gasteiger partial charge in [0.15, 0.2) is 17.3 Å². The van der Waals surface area contributed by atoms with Gasteiger partial charge < -0.3 is 30.7 Å². The first kappa shape index (κ1) is 24.0. The number of fused-ring (bicyclic) bond motifs is 1. The molecule has 2 aromatic carbocycles. The van der Waals surface area contributed by atoms with E-state index in [1.54, 1.807) is 35.2 Å². The molecule has 1 amide bonds. The topological polar surface area (TPSA) is 144 Å². The number of carbonyl (C=O) groups is 1.